The van der Waals surface area contributed by atoms with Crippen molar-refractivity contribution in [2.24, 2.45) is 0 Å². The number of rotatable bonds is 5. The Morgan fingerprint density at radius 1 is 0.968 bits per heavy atom. The first kappa shape index (κ1) is 19.3. The Morgan fingerprint density at radius 3 is 2.68 bits per heavy atom. The number of nitrogens with zero attached hydrogens (tertiary/aromatic N) is 4. The summed E-state index contributed by atoms with van der Waals surface area (Å²) in [6.45, 7) is 5.16. The summed E-state index contributed by atoms with van der Waals surface area (Å²) in [4.78, 5) is 15.7. The van der Waals surface area contributed by atoms with E-state index in [0.29, 0.717) is 5.95 Å². The molecule has 2 aromatic heterocycles. The van der Waals surface area contributed by atoms with E-state index in [4.69, 9.17) is 9.47 Å². The van der Waals surface area contributed by atoms with Gasteiger partial charge in [0.1, 0.15) is 11.5 Å². The third-order valence-electron chi connectivity index (χ3n) is 5.16. The quantitative estimate of drug-likeness (QED) is 0.508. The van der Waals surface area contributed by atoms with E-state index < -0.39 is 0 Å². The van der Waals surface area contributed by atoms with Gasteiger partial charge in [0.15, 0.2) is 0 Å². The summed E-state index contributed by atoms with van der Waals surface area (Å²) in [5.41, 5.74) is 3.87. The molecule has 31 heavy (non-hydrogen) atoms. The van der Waals surface area contributed by atoms with Gasteiger partial charge in [-0.2, -0.15) is 0 Å². The van der Waals surface area contributed by atoms with E-state index in [1.807, 2.05) is 61.7 Å². The smallest absolute Gasteiger partial charge is 0.227 e. The molecule has 1 fully saturated rings. The Bertz CT molecular complexity index is 1210. The van der Waals surface area contributed by atoms with Crippen LogP contribution in [0.1, 0.15) is 5.69 Å². The fraction of sp³-hybridized carbons (Fsp3) is 0.208. The van der Waals surface area contributed by atoms with Crippen molar-refractivity contribution in [2.75, 3.05) is 36.5 Å². The van der Waals surface area contributed by atoms with Crippen LogP contribution in [-0.4, -0.2) is 41.3 Å². The Labute approximate surface area is 180 Å². The molecule has 0 atom stereocenters. The zero-order valence-corrected chi connectivity index (χ0v) is 17.3. The van der Waals surface area contributed by atoms with Gasteiger partial charge >= 0.3 is 0 Å². The summed E-state index contributed by atoms with van der Waals surface area (Å²) in [6, 6.07) is 17.8. The molecule has 4 aromatic rings. The van der Waals surface area contributed by atoms with Crippen LogP contribution in [0.25, 0.3) is 10.9 Å². The van der Waals surface area contributed by atoms with E-state index >= 15 is 0 Å². The molecule has 7 nitrogen and oxygen atoms in total. The van der Waals surface area contributed by atoms with Gasteiger partial charge < -0.3 is 19.7 Å². The number of fused-ring (bicyclic) bond motifs is 1. The lowest BCUT2D eigenvalue weighted by Gasteiger charge is -2.30. The van der Waals surface area contributed by atoms with Crippen molar-refractivity contribution in [3.63, 3.8) is 0 Å². The first-order valence-corrected chi connectivity index (χ1v) is 10.3. The van der Waals surface area contributed by atoms with Crippen molar-refractivity contribution in [1.29, 1.82) is 0 Å². The summed E-state index contributed by atoms with van der Waals surface area (Å²) in [5, 5.41) is 4.29. The minimum Gasteiger partial charge on any atom is -0.457 e. The van der Waals surface area contributed by atoms with Gasteiger partial charge in [-0.25, -0.2) is 9.97 Å². The molecule has 0 unspecified atom stereocenters. The highest BCUT2D eigenvalue weighted by atomic mass is 16.5. The summed E-state index contributed by atoms with van der Waals surface area (Å²) in [7, 11) is 0. The number of aryl methyl sites for hydroxylation is 1. The molecule has 3 heterocycles. The summed E-state index contributed by atoms with van der Waals surface area (Å²) >= 11 is 0. The summed E-state index contributed by atoms with van der Waals surface area (Å²) in [5.74, 6) is 2.05. The number of hydrogen-bond acceptors (Lipinski definition) is 7. The highest BCUT2D eigenvalue weighted by molar-refractivity contribution is 5.81. The van der Waals surface area contributed by atoms with E-state index in [2.05, 4.69) is 31.2 Å². The Hall–Kier alpha value is -3.71. The second-order valence-electron chi connectivity index (χ2n) is 7.39. The molecule has 1 N–H and O–H groups in total. The van der Waals surface area contributed by atoms with Gasteiger partial charge in [0, 0.05) is 42.6 Å². The van der Waals surface area contributed by atoms with Gasteiger partial charge in [-0.1, -0.05) is 12.1 Å². The minimum absolute atomic E-state index is 0.562. The van der Waals surface area contributed by atoms with E-state index in [9.17, 15) is 0 Å². The molecule has 0 spiro atoms. The molecule has 0 bridgehead atoms. The Kier molecular flexibility index (Phi) is 5.33. The average molecular weight is 413 g/mol. The summed E-state index contributed by atoms with van der Waals surface area (Å²) in [6.07, 6.45) is 3.55. The Morgan fingerprint density at radius 2 is 1.81 bits per heavy atom. The maximum Gasteiger partial charge on any atom is 0.227 e. The number of anilines is 3. The van der Waals surface area contributed by atoms with Gasteiger partial charge in [0.2, 0.25) is 5.95 Å². The second kappa shape index (κ2) is 8.57. The number of aromatic nitrogens is 3. The van der Waals surface area contributed by atoms with Crippen LogP contribution in [0.4, 0.5) is 17.3 Å². The van der Waals surface area contributed by atoms with Crippen molar-refractivity contribution in [2.45, 2.75) is 6.92 Å². The number of pyridine rings is 1. The van der Waals surface area contributed by atoms with Gasteiger partial charge in [0.25, 0.3) is 0 Å². The van der Waals surface area contributed by atoms with Crippen LogP contribution in [0.5, 0.6) is 11.5 Å². The van der Waals surface area contributed by atoms with Crippen LogP contribution in [-0.2, 0) is 4.74 Å². The number of morpholine rings is 1. The van der Waals surface area contributed by atoms with Crippen LogP contribution in [0.3, 0.4) is 0 Å². The maximum atomic E-state index is 5.95. The molecule has 1 aliphatic rings. The van der Waals surface area contributed by atoms with E-state index in [1.165, 1.54) is 0 Å². The van der Waals surface area contributed by atoms with Crippen LogP contribution < -0.4 is 15.0 Å². The predicted molar refractivity (Wildman–Crippen MR) is 121 cm³/mol. The Balaban J connectivity index is 1.37. The molecule has 0 radical (unpaired) electrons. The molecule has 0 aliphatic carbocycles. The van der Waals surface area contributed by atoms with Gasteiger partial charge in [-0.15, -0.1) is 0 Å². The lowest BCUT2D eigenvalue weighted by Crippen LogP contribution is -2.36. The lowest BCUT2D eigenvalue weighted by molar-refractivity contribution is 0.123. The molecule has 7 heteroatoms. The monoisotopic (exact) mass is 413 g/mol. The lowest BCUT2D eigenvalue weighted by atomic mass is 10.2. The van der Waals surface area contributed by atoms with E-state index in [1.54, 1.807) is 6.20 Å². The zero-order chi connectivity index (χ0) is 21.0. The van der Waals surface area contributed by atoms with Crippen molar-refractivity contribution in [3.8, 4) is 11.5 Å². The topological polar surface area (TPSA) is 72.4 Å². The van der Waals surface area contributed by atoms with Crippen molar-refractivity contribution >= 4 is 28.2 Å². The van der Waals surface area contributed by atoms with Crippen molar-refractivity contribution < 1.29 is 9.47 Å². The number of nitrogens with one attached hydrogen (secondary N) is 1. The van der Waals surface area contributed by atoms with Gasteiger partial charge in [-0.3, -0.25) is 4.98 Å². The third-order valence-corrected chi connectivity index (χ3v) is 5.16. The first-order chi connectivity index (χ1) is 15.2. The predicted octanol–water partition coefficient (Wildman–Crippen LogP) is 4.71. The van der Waals surface area contributed by atoms with Gasteiger partial charge in [0.05, 0.1) is 30.1 Å². The van der Waals surface area contributed by atoms with Crippen molar-refractivity contribution in [1.82, 2.24) is 15.0 Å². The molecule has 0 amide bonds. The van der Waals surface area contributed by atoms with Crippen LogP contribution in [0, 0.1) is 6.92 Å². The zero-order valence-electron chi connectivity index (χ0n) is 17.3. The molecular formula is C24H23N5O2. The molecule has 5 rings (SSSR count). The standard InChI is InChI=1S/C24H23N5O2/c1-17-14-20(8-9-25-17)31-19-6-7-21-18(15-19)16-26-24(27-21)28-22-4-2-3-5-23(22)29-10-12-30-13-11-29/h2-9,14-16H,10-13H2,1H3,(H,26,27,28). The normalized spacial score (nSPS) is 13.9. The fourth-order valence-corrected chi connectivity index (χ4v) is 3.63. The molecule has 156 valence electrons. The molecule has 0 saturated carbocycles. The van der Waals surface area contributed by atoms with Crippen LogP contribution in [0.15, 0.2) is 67.0 Å². The van der Waals surface area contributed by atoms with Crippen LogP contribution in [0.2, 0.25) is 0 Å². The van der Waals surface area contributed by atoms with E-state index in [0.717, 1.165) is 65.8 Å². The highest BCUT2D eigenvalue weighted by Gasteiger charge is 2.15. The minimum atomic E-state index is 0.562. The number of hydrogen-bond donors (Lipinski definition) is 1. The van der Waals surface area contributed by atoms with Crippen molar-refractivity contribution in [3.05, 3.63) is 72.7 Å². The number of benzene rings is 2. The van der Waals surface area contributed by atoms with E-state index in [-0.39, 0.29) is 0 Å². The molecular weight excluding hydrogens is 390 g/mol. The first-order valence-electron chi connectivity index (χ1n) is 10.3. The third kappa shape index (κ3) is 4.41. The highest BCUT2D eigenvalue weighted by Crippen LogP contribution is 2.29. The second-order valence-corrected chi connectivity index (χ2v) is 7.39. The molecule has 1 saturated heterocycles. The molecule has 1 aliphatic heterocycles. The molecule has 2 aromatic carbocycles. The largest absolute Gasteiger partial charge is 0.457 e. The fourth-order valence-electron chi connectivity index (χ4n) is 3.63. The average Bonchev–Trinajstić information content (AvgIpc) is 2.80. The number of para-hydroxylation sites is 2. The number of ether oxygens (including phenoxy) is 2. The maximum absolute atomic E-state index is 5.95. The SMILES string of the molecule is Cc1cc(Oc2ccc3nc(Nc4ccccc4N4CCOCC4)ncc3c2)ccn1. The van der Waals surface area contributed by atoms with Gasteiger partial charge in [-0.05, 0) is 43.3 Å². The summed E-state index contributed by atoms with van der Waals surface area (Å²) < 4.78 is 11.4. The van der Waals surface area contributed by atoms with Crippen LogP contribution >= 0.6 is 0 Å².